The fraction of sp³-hybridized carbons (Fsp3) is 0.296. The van der Waals surface area contributed by atoms with E-state index < -0.39 is 16.1 Å². The van der Waals surface area contributed by atoms with E-state index >= 15 is 0 Å². The molecule has 0 aliphatic rings. The smallest absolute Gasteiger partial charge is 0.284 e. The predicted molar refractivity (Wildman–Crippen MR) is 144 cm³/mol. The van der Waals surface area contributed by atoms with Crippen LogP contribution in [0.15, 0.2) is 75.7 Å². The van der Waals surface area contributed by atoms with Crippen LogP contribution in [0.4, 0.5) is 0 Å². The van der Waals surface area contributed by atoms with Crippen LogP contribution < -0.4 is 5.11 Å². The number of hydrogen-bond donors (Lipinski definition) is 0. The molecule has 0 fully saturated rings. The molecule has 8 nitrogen and oxygen atoms in total. The van der Waals surface area contributed by atoms with Crippen molar-refractivity contribution in [2.24, 2.45) is 4.40 Å². The molecule has 0 unspecified atom stereocenters. The number of thiazole rings is 1. The number of ether oxygens (including phenoxy) is 1. The maximum Gasteiger partial charge on any atom is 0.284 e. The third-order valence-corrected chi connectivity index (χ3v) is 7.81. The maximum absolute atomic E-state index is 13.1. The zero-order valence-corrected chi connectivity index (χ0v) is 22.5. The van der Waals surface area contributed by atoms with Crippen LogP contribution in [0.5, 0.6) is 0 Å². The molecule has 0 bridgehead atoms. The molecule has 2 heterocycles. The second kappa shape index (κ2) is 12.2. The maximum atomic E-state index is 13.1. The number of sulfonamides is 1. The molecule has 0 amide bonds. The van der Waals surface area contributed by atoms with Gasteiger partial charge in [-0.25, -0.2) is 9.97 Å². The molecule has 37 heavy (non-hydrogen) atoms. The van der Waals surface area contributed by atoms with Crippen molar-refractivity contribution in [3.05, 3.63) is 77.6 Å². The quantitative estimate of drug-likeness (QED) is 0.153. The lowest BCUT2D eigenvalue weighted by Gasteiger charge is -2.15. The van der Waals surface area contributed by atoms with Crippen LogP contribution in [-0.2, 0) is 27.7 Å². The highest BCUT2D eigenvalue weighted by Crippen LogP contribution is 2.31. The zero-order chi connectivity index (χ0) is 26.3. The van der Waals surface area contributed by atoms with Crippen molar-refractivity contribution in [1.29, 1.82) is 0 Å². The normalized spacial score (nSPS) is 12.1. The van der Waals surface area contributed by atoms with Gasteiger partial charge < -0.3 is 14.4 Å². The standard InChI is InChI=1S/C27H30N4O4S2/c1-3-5-16-35-27(32)30-37(33,34)24-12-9-20(6-4-2)18-23(24)22-10-7-21(8-11-22)19-31-15-13-28-25(31)26-29-14-17-36-26/h7-15,17-18H,3-6,16,19H2,1-2H3,(H,30,32)/p-1. The highest BCUT2D eigenvalue weighted by molar-refractivity contribution is 7.90. The Morgan fingerprint density at radius 2 is 1.84 bits per heavy atom. The van der Waals surface area contributed by atoms with Crippen molar-refractivity contribution in [3.8, 4) is 22.0 Å². The Balaban J connectivity index is 1.64. The summed E-state index contributed by atoms with van der Waals surface area (Å²) in [6.07, 6.45) is 7.52. The predicted octanol–water partition coefficient (Wildman–Crippen LogP) is 4.90. The van der Waals surface area contributed by atoms with Crippen LogP contribution in [0, 0.1) is 0 Å². The monoisotopic (exact) mass is 537 g/mol. The van der Waals surface area contributed by atoms with Crippen molar-refractivity contribution >= 4 is 27.4 Å². The molecule has 0 saturated heterocycles. The Labute approximate surface area is 221 Å². The van der Waals surface area contributed by atoms with Gasteiger partial charge in [-0.3, -0.25) is 0 Å². The number of benzene rings is 2. The van der Waals surface area contributed by atoms with Gasteiger partial charge in [0.1, 0.15) is 0 Å². The first-order valence-corrected chi connectivity index (χ1v) is 14.5. The van der Waals surface area contributed by atoms with Gasteiger partial charge in [-0.1, -0.05) is 57.0 Å². The Kier molecular flexibility index (Phi) is 8.73. The van der Waals surface area contributed by atoms with Gasteiger partial charge in [-0.2, -0.15) is 8.42 Å². The lowest BCUT2D eigenvalue weighted by atomic mass is 10.00. The Morgan fingerprint density at radius 1 is 1.05 bits per heavy atom. The van der Waals surface area contributed by atoms with Crippen molar-refractivity contribution in [1.82, 2.24) is 14.5 Å². The fourth-order valence-electron chi connectivity index (χ4n) is 3.90. The summed E-state index contributed by atoms with van der Waals surface area (Å²) >= 11 is 1.53. The van der Waals surface area contributed by atoms with Gasteiger partial charge in [0.25, 0.3) is 10.0 Å². The summed E-state index contributed by atoms with van der Waals surface area (Å²) in [6, 6.07) is 12.8. The Bertz CT molecular complexity index is 1440. The van der Waals surface area contributed by atoms with E-state index in [2.05, 4.69) is 21.3 Å². The average molecular weight is 538 g/mol. The topological polar surface area (TPSA) is 110 Å². The van der Waals surface area contributed by atoms with Gasteiger partial charge >= 0.3 is 0 Å². The summed E-state index contributed by atoms with van der Waals surface area (Å²) in [7, 11) is -4.26. The molecule has 0 spiro atoms. The summed E-state index contributed by atoms with van der Waals surface area (Å²) in [4.78, 5) is 8.76. The zero-order valence-electron chi connectivity index (χ0n) is 20.8. The molecule has 4 rings (SSSR count). The summed E-state index contributed by atoms with van der Waals surface area (Å²) in [6.45, 7) is 4.75. The lowest BCUT2D eigenvalue weighted by molar-refractivity contribution is -0.249. The van der Waals surface area contributed by atoms with Crippen molar-refractivity contribution in [2.45, 2.75) is 51.0 Å². The molecule has 0 aliphatic heterocycles. The second-order valence-electron chi connectivity index (χ2n) is 8.53. The number of hydrogen-bond acceptors (Lipinski definition) is 7. The summed E-state index contributed by atoms with van der Waals surface area (Å²) < 4.78 is 36.6. The molecule has 10 heteroatoms. The summed E-state index contributed by atoms with van der Waals surface area (Å²) in [5.41, 5.74) is 3.27. The average Bonchev–Trinajstić information content (AvgIpc) is 3.57. The van der Waals surface area contributed by atoms with E-state index in [-0.39, 0.29) is 11.5 Å². The molecule has 4 aromatic rings. The van der Waals surface area contributed by atoms with Crippen molar-refractivity contribution in [3.63, 3.8) is 0 Å². The first kappa shape index (κ1) is 26.6. The molecule has 0 saturated carbocycles. The molecular formula is C27H29N4O4S2-. The first-order chi connectivity index (χ1) is 17.9. The minimum absolute atomic E-state index is 0.0202. The number of unbranched alkanes of at least 4 members (excludes halogenated alkanes) is 1. The molecule has 0 radical (unpaired) electrons. The van der Waals surface area contributed by atoms with Crippen LogP contribution in [0.3, 0.4) is 0 Å². The van der Waals surface area contributed by atoms with Crippen molar-refractivity contribution < 1.29 is 18.3 Å². The molecule has 194 valence electrons. The number of nitrogens with zero attached hydrogens (tertiary/aromatic N) is 4. The largest absolute Gasteiger partial charge is 0.600 e. The highest BCUT2D eigenvalue weighted by Gasteiger charge is 2.20. The molecule has 0 aliphatic carbocycles. The first-order valence-electron chi connectivity index (χ1n) is 12.2. The fourth-order valence-corrected chi connectivity index (χ4v) is 5.59. The van der Waals surface area contributed by atoms with E-state index in [1.54, 1.807) is 18.5 Å². The van der Waals surface area contributed by atoms with E-state index in [1.807, 2.05) is 53.4 Å². The van der Waals surface area contributed by atoms with Crippen LogP contribution in [0.2, 0.25) is 0 Å². The van der Waals surface area contributed by atoms with Crippen LogP contribution in [-0.4, -0.2) is 35.6 Å². The minimum atomic E-state index is -4.26. The van der Waals surface area contributed by atoms with E-state index in [0.717, 1.165) is 46.8 Å². The van der Waals surface area contributed by atoms with Gasteiger partial charge in [0, 0.05) is 36.1 Å². The number of aromatic nitrogens is 3. The number of imidazole rings is 1. The second-order valence-corrected chi connectivity index (χ2v) is 11.0. The highest BCUT2D eigenvalue weighted by atomic mass is 32.2. The molecule has 0 atom stereocenters. The minimum Gasteiger partial charge on any atom is -0.600 e. The van der Waals surface area contributed by atoms with Gasteiger partial charge in [0.05, 0.1) is 4.90 Å². The molecule has 2 aromatic carbocycles. The van der Waals surface area contributed by atoms with Gasteiger partial charge in [0.2, 0.25) is 0 Å². The van der Waals surface area contributed by atoms with Crippen LogP contribution in [0.1, 0.15) is 44.2 Å². The van der Waals surface area contributed by atoms with E-state index in [4.69, 9.17) is 4.74 Å². The van der Waals surface area contributed by atoms with Gasteiger partial charge in [-0.05, 0) is 48.3 Å². The summed E-state index contributed by atoms with van der Waals surface area (Å²) in [5, 5.41) is 14.8. The van der Waals surface area contributed by atoms with E-state index in [1.165, 1.54) is 17.4 Å². The van der Waals surface area contributed by atoms with Crippen molar-refractivity contribution in [2.75, 3.05) is 6.61 Å². The number of aryl methyl sites for hydroxylation is 1. The van der Waals surface area contributed by atoms with Crippen LogP contribution in [0.25, 0.3) is 22.0 Å². The third kappa shape index (κ3) is 6.64. The third-order valence-electron chi connectivity index (χ3n) is 5.74. The Morgan fingerprint density at radius 3 is 2.54 bits per heavy atom. The van der Waals surface area contributed by atoms with Gasteiger partial charge in [-0.15, -0.1) is 15.7 Å². The van der Waals surface area contributed by atoms with Gasteiger partial charge in [0.15, 0.2) is 16.9 Å². The Hall–Kier alpha value is -3.50. The molecular weight excluding hydrogens is 508 g/mol. The molecule has 0 N–H and O–H groups in total. The lowest BCUT2D eigenvalue weighted by Crippen LogP contribution is -2.23. The van der Waals surface area contributed by atoms with E-state index in [0.29, 0.717) is 18.5 Å². The van der Waals surface area contributed by atoms with Crippen LogP contribution >= 0.6 is 11.3 Å². The number of rotatable bonds is 11. The molecule has 2 aromatic heterocycles. The SMILES string of the molecule is CCCCO/C([O-])=N/S(=O)(=O)c1ccc(CCC)cc1-c1ccc(Cn2ccnc2-c2nccs2)cc1. The summed E-state index contributed by atoms with van der Waals surface area (Å²) in [5.74, 6) is 0.798. The van der Waals surface area contributed by atoms with E-state index in [9.17, 15) is 13.5 Å².